The molecule has 100 valence electrons. The lowest BCUT2D eigenvalue weighted by Gasteiger charge is -2.08. The van der Waals surface area contributed by atoms with Crippen molar-refractivity contribution in [3.05, 3.63) is 23.8 Å². The number of hydrogen-bond donors (Lipinski definition) is 3. The van der Waals surface area contributed by atoms with E-state index in [1.807, 2.05) is 0 Å². The molecule has 0 atom stereocenters. The van der Waals surface area contributed by atoms with Crippen molar-refractivity contribution in [3.63, 3.8) is 0 Å². The molecule has 4 N–H and O–H groups in total. The first-order valence-electron chi connectivity index (χ1n) is 6.01. The zero-order chi connectivity index (χ0) is 13.4. The van der Waals surface area contributed by atoms with E-state index in [0.717, 1.165) is 25.7 Å². The number of carboxylic acid groups (broad SMARTS) is 1. The maximum absolute atomic E-state index is 10.8. The highest BCUT2D eigenvalue weighted by atomic mass is 16.5. The van der Waals surface area contributed by atoms with Crippen molar-refractivity contribution >= 4 is 11.7 Å². The lowest BCUT2D eigenvalue weighted by atomic mass is 10.2. The molecular weight excluding hydrogens is 234 g/mol. The highest BCUT2D eigenvalue weighted by molar-refractivity contribution is 5.93. The van der Waals surface area contributed by atoms with Crippen LogP contribution in [0, 0.1) is 0 Å². The van der Waals surface area contributed by atoms with Crippen molar-refractivity contribution in [1.29, 1.82) is 0 Å². The number of carboxylic acids is 1. The van der Waals surface area contributed by atoms with Gasteiger partial charge in [-0.25, -0.2) is 4.79 Å². The summed E-state index contributed by atoms with van der Waals surface area (Å²) in [5.41, 5.74) is 5.90. The molecule has 0 bridgehead atoms. The molecule has 18 heavy (non-hydrogen) atoms. The molecule has 5 nitrogen and oxygen atoms in total. The van der Waals surface area contributed by atoms with Gasteiger partial charge in [0.2, 0.25) is 0 Å². The average Bonchev–Trinajstić information content (AvgIpc) is 2.33. The third-order valence-electron chi connectivity index (χ3n) is 2.57. The molecule has 0 amide bonds. The maximum Gasteiger partial charge on any atom is 0.337 e. The summed E-state index contributed by atoms with van der Waals surface area (Å²) in [6, 6.07) is 4.57. The van der Waals surface area contributed by atoms with E-state index in [1.54, 1.807) is 6.07 Å². The Kier molecular flexibility index (Phi) is 6.00. The van der Waals surface area contributed by atoms with Gasteiger partial charge in [-0.15, -0.1) is 0 Å². The Morgan fingerprint density at radius 2 is 1.94 bits per heavy atom. The molecular formula is C13H19NO4. The first-order chi connectivity index (χ1) is 8.65. The predicted octanol–water partition coefficient (Wildman–Crippen LogP) is 1.90. The van der Waals surface area contributed by atoms with Gasteiger partial charge in [-0.2, -0.15) is 0 Å². The Bertz CT molecular complexity index is 393. The highest BCUT2D eigenvalue weighted by Crippen LogP contribution is 2.20. The van der Waals surface area contributed by atoms with Gasteiger partial charge in [-0.3, -0.25) is 0 Å². The quantitative estimate of drug-likeness (QED) is 0.486. The molecule has 0 fully saturated rings. The minimum atomic E-state index is -1.04. The Morgan fingerprint density at radius 3 is 2.56 bits per heavy atom. The summed E-state index contributed by atoms with van der Waals surface area (Å²) in [6.45, 7) is 0.797. The van der Waals surface area contributed by atoms with Crippen molar-refractivity contribution in [1.82, 2.24) is 0 Å². The second kappa shape index (κ2) is 7.55. The number of nitrogens with two attached hydrogens (primary N) is 1. The number of ether oxygens (including phenoxy) is 1. The van der Waals surface area contributed by atoms with Crippen LogP contribution in [0.5, 0.6) is 5.75 Å². The second-order valence-corrected chi connectivity index (χ2v) is 4.04. The van der Waals surface area contributed by atoms with E-state index < -0.39 is 5.97 Å². The van der Waals surface area contributed by atoms with Crippen LogP contribution in [0.4, 0.5) is 5.69 Å². The van der Waals surface area contributed by atoms with Crippen LogP contribution in [0.25, 0.3) is 0 Å². The fourth-order valence-corrected chi connectivity index (χ4v) is 1.58. The normalized spacial score (nSPS) is 10.3. The summed E-state index contributed by atoms with van der Waals surface area (Å²) in [5.74, 6) is -0.456. The number of aliphatic hydroxyl groups is 1. The van der Waals surface area contributed by atoms with Crippen molar-refractivity contribution in [2.45, 2.75) is 25.7 Å². The number of aromatic carboxylic acids is 1. The molecule has 0 aromatic heterocycles. The van der Waals surface area contributed by atoms with Crippen molar-refractivity contribution in [2.75, 3.05) is 18.9 Å². The molecule has 5 heteroatoms. The van der Waals surface area contributed by atoms with Crippen LogP contribution in [0.15, 0.2) is 18.2 Å². The Balaban J connectivity index is 2.35. The van der Waals surface area contributed by atoms with Gasteiger partial charge in [0.1, 0.15) is 5.75 Å². The summed E-state index contributed by atoms with van der Waals surface area (Å²) in [5, 5.41) is 17.4. The molecule has 0 aliphatic heterocycles. The topological polar surface area (TPSA) is 92.8 Å². The second-order valence-electron chi connectivity index (χ2n) is 4.04. The van der Waals surface area contributed by atoms with Gasteiger partial charge in [0.25, 0.3) is 0 Å². The standard InChI is InChI=1S/C13H19NO4/c14-12-9-10(5-6-11(12)13(16)17)18-8-4-2-1-3-7-15/h5-6,9,15H,1-4,7-8,14H2,(H,16,17). The fraction of sp³-hybridized carbons (Fsp3) is 0.462. The number of hydrogen-bond acceptors (Lipinski definition) is 4. The summed E-state index contributed by atoms with van der Waals surface area (Å²) in [7, 11) is 0. The van der Waals surface area contributed by atoms with Crippen LogP contribution in [-0.4, -0.2) is 29.4 Å². The number of unbranched alkanes of at least 4 members (excludes halogenated alkanes) is 3. The lowest BCUT2D eigenvalue weighted by molar-refractivity contribution is 0.0698. The minimum absolute atomic E-state index is 0.0882. The van der Waals surface area contributed by atoms with Crippen LogP contribution in [0.2, 0.25) is 0 Å². The first-order valence-corrected chi connectivity index (χ1v) is 6.01. The van der Waals surface area contributed by atoms with E-state index in [2.05, 4.69) is 0 Å². The number of nitrogen functional groups attached to an aromatic ring is 1. The average molecular weight is 253 g/mol. The lowest BCUT2D eigenvalue weighted by Crippen LogP contribution is -2.03. The fourth-order valence-electron chi connectivity index (χ4n) is 1.58. The van der Waals surface area contributed by atoms with E-state index in [0.29, 0.717) is 12.4 Å². The smallest absolute Gasteiger partial charge is 0.337 e. The van der Waals surface area contributed by atoms with Gasteiger partial charge >= 0.3 is 5.97 Å². The van der Waals surface area contributed by atoms with Gasteiger partial charge < -0.3 is 20.7 Å². The summed E-state index contributed by atoms with van der Waals surface area (Å²) in [4.78, 5) is 10.8. The summed E-state index contributed by atoms with van der Waals surface area (Å²) >= 11 is 0. The highest BCUT2D eigenvalue weighted by Gasteiger charge is 2.08. The van der Waals surface area contributed by atoms with Crippen LogP contribution in [-0.2, 0) is 0 Å². The Labute approximate surface area is 106 Å². The number of benzene rings is 1. The van der Waals surface area contributed by atoms with Crippen molar-refractivity contribution in [3.8, 4) is 5.75 Å². The van der Waals surface area contributed by atoms with Crippen molar-refractivity contribution < 1.29 is 19.7 Å². The SMILES string of the molecule is Nc1cc(OCCCCCCO)ccc1C(=O)O. The minimum Gasteiger partial charge on any atom is -0.494 e. The molecule has 0 heterocycles. The molecule has 1 aromatic rings. The summed E-state index contributed by atoms with van der Waals surface area (Å²) < 4.78 is 5.47. The van der Waals surface area contributed by atoms with Crippen LogP contribution in [0.3, 0.4) is 0 Å². The molecule has 0 aliphatic rings. The Hall–Kier alpha value is -1.75. The third kappa shape index (κ3) is 4.63. The van der Waals surface area contributed by atoms with Crippen LogP contribution < -0.4 is 10.5 Å². The summed E-state index contributed by atoms with van der Waals surface area (Å²) in [6.07, 6.45) is 3.71. The molecule has 0 saturated heterocycles. The Morgan fingerprint density at radius 1 is 1.22 bits per heavy atom. The zero-order valence-electron chi connectivity index (χ0n) is 10.3. The van der Waals surface area contributed by atoms with Gasteiger partial charge in [-0.1, -0.05) is 6.42 Å². The molecule has 1 rings (SSSR count). The molecule has 0 spiro atoms. The number of rotatable bonds is 8. The van der Waals surface area contributed by atoms with Crippen molar-refractivity contribution in [2.24, 2.45) is 0 Å². The monoisotopic (exact) mass is 253 g/mol. The van der Waals surface area contributed by atoms with Gasteiger partial charge in [0, 0.05) is 18.4 Å². The number of anilines is 1. The van der Waals surface area contributed by atoms with E-state index in [4.69, 9.17) is 20.7 Å². The molecule has 0 radical (unpaired) electrons. The number of carbonyl (C=O) groups is 1. The van der Waals surface area contributed by atoms with E-state index in [1.165, 1.54) is 12.1 Å². The van der Waals surface area contributed by atoms with E-state index in [9.17, 15) is 4.79 Å². The first kappa shape index (κ1) is 14.3. The predicted molar refractivity (Wildman–Crippen MR) is 68.9 cm³/mol. The third-order valence-corrected chi connectivity index (χ3v) is 2.57. The van der Waals surface area contributed by atoms with Gasteiger partial charge in [0.05, 0.1) is 12.2 Å². The zero-order valence-corrected chi connectivity index (χ0v) is 10.3. The molecule has 0 unspecified atom stereocenters. The van der Waals surface area contributed by atoms with Gasteiger partial charge in [0.15, 0.2) is 0 Å². The largest absolute Gasteiger partial charge is 0.494 e. The molecule has 0 saturated carbocycles. The molecule has 0 aliphatic carbocycles. The van der Waals surface area contributed by atoms with Crippen LogP contribution >= 0.6 is 0 Å². The molecule has 1 aromatic carbocycles. The van der Waals surface area contributed by atoms with E-state index >= 15 is 0 Å². The number of aliphatic hydroxyl groups excluding tert-OH is 1. The van der Waals surface area contributed by atoms with E-state index in [-0.39, 0.29) is 17.9 Å². The van der Waals surface area contributed by atoms with Gasteiger partial charge in [-0.05, 0) is 31.4 Å². The maximum atomic E-state index is 10.8. The van der Waals surface area contributed by atoms with Crippen LogP contribution in [0.1, 0.15) is 36.0 Å².